The highest BCUT2D eigenvalue weighted by atomic mass is 16.5. The van der Waals surface area contributed by atoms with E-state index in [1.807, 2.05) is 6.92 Å². The first-order valence-corrected chi connectivity index (χ1v) is 4.76. The van der Waals surface area contributed by atoms with Gasteiger partial charge in [-0.25, -0.2) is 0 Å². The Morgan fingerprint density at radius 3 is 3.12 bits per heavy atom. The van der Waals surface area contributed by atoms with Crippen LogP contribution in [0.5, 0.6) is 0 Å². The normalized spacial score (nSPS) is 10.3. The van der Waals surface area contributed by atoms with E-state index < -0.39 is 5.91 Å². The number of nitrogens with two attached hydrogens (primary N) is 1. The summed E-state index contributed by atoms with van der Waals surface area (Å²) in [6.45, 7) is 1.95. The molecule has 0 unspecified atom stereocenters. The van der Waals surface area contributed by atoms with E-state index in [4.69, 9.17) is 10.3 Å². The number of hydrogen-bond donors (Lipinski definition) is 3. The molecule has 0 radical (unpaired) electrons. The number of carbonyl (C=O) groups is 1. The Labute approximate surface area is 91.0 Å². The van der Waals surface area contributed by atoms with E-state index in [9.17, 15) is 4.79 Å². The van der Waals surface area contributed by atoms with E-state index >= 15 is 0 Å². The van der Waals surface area contributed by atoms with Crippen LogP contribution in [0.2, 0.25) is 0 Å². The number of nitrogens with one attached hydrogen (secondary N) is 2. The molecule has 4 N–H and O–H groups in total. The molecule has 2 heterocycles. The van der Waals surface area contributed by atoms with Crippen LogP contribution < -0.4 is 11.1 Å². The second-order valence-corrected chi connectivity index (χ2v) is 3.18. The highest BCUT2D eigenvalue weighted by Crippen LogP contribution is 2.17. The first-order valence-electron chi connectivity index (χ1n) is 4.76. The number of aromatic amines is 1. The number of rotatable bonds is 4. The third kappa shape index (κ3) is 1.88. The van der Waals surface area contributed by atoms with Crippen molar-refractivity contribution in [3.63, 3.8) is 0 Å². The predicted molar refractivity (Wildman–Crippen MR) is 56.3 cm³/mol. The number of carbonyl (C=O) groups excluding carboxylic acids is 1. The quantitative estimate of drug-likeness (QED) is 0.707. The van der Waals surface area contributed by atoms with Gasteiger partial charge in [0.2, 0.25) is 0 Å². The summed E-state index contributed by atoms with van der Waals surface area (Å²) in [6.07, 6.45) is 2.10. The number of aromatic nitrogens is 3. The zero-order valence-electron chi connectivity index (χ0n) is 8.65. The van der Waals surface area contributed by atoms with Crippen LogP contribution in [0.15, 0.2) is 16.8 Å². The Morgan fingerprint density at radius 2 is 2.50 bits per heavy atom. The molecule has 2 aromatic rings. The molecule has 0 aliphatic carbocycles. The number of nitrogens with zero attached hydrogens (tertiary/aromatic N) is 2. The van der Waals surface area contributed by atoms with Crippen molar-refractivity contribution < 1.29 is 9.32 Å². The molecular weight excluding hydrogens is 210 g/mol. The maximum Gasteiger partial charge on any atom is 0.254 e. The smallest absolute Gasteiger partial charge is 0.254 e. The summed E-state index contributed by atoms with van der Waals surface area (Å²) < 4.78 is 5.00. The number of anilines is 2. The van der Waals surface area contributed by atoms with Crippen LogP contribution in [0.3, 0.4) is 0 Å². The largest absolute Gasteiger partial charge is 0.365 e. The zero-order valence-corrected chi connectivity index (χ0v) is 8.65. The summed E-state index contributed by atoms with van der Waals surface area (Å²) in [5, 5.41) is 13.0. The average molecular weight is 221 g/mol. The molecule has 1 amide bonds. The van der Waals surface area contributed by atoms with Crippen LogP contribution in [0.1, 0.15) is 23.0 Å². The van der Waals surface area contributed by atoms with Crippen molar-refractivity contribution in [3.8, 4) is 0 Å². The van der Waals surface area contributed by atoms with Gasteiger partial charge in [-0.3, -0.25) is 9.89 Å². The molecule has 0 aliphatic heterocycles. The monoisotopic (exact) mass is 221 g/mol. The van der Waals surface area contributed by atoms with Crippen molar-refractivity contribution in [2.75, 3.05) is 5.32 Å². The molecule has 0 bridgehead atoms. The lowest BCUT2D eigenvalue weighted by Gasteiger charge is -1.99. The average Bonchev–Trinajstić information content (AvgIpc) is 2.87. The third-order valence-corrected chi connectivity index (χ3v) is 2.07. The summed E-state index contributed by atoms with van der Waals surface area (Å²) in [4.78, 5) is 11.0. The zero-order chi connectivity index (χ0) is 11.5. The number of hydrogen-bond acceptors (Lipinski definition) is 5. The summed E-state index contributed by atoms with van der Waals surface area (Å²) in [7, 11) is 0. The molecule has 7 heteroatoms. The summed E-state index contributed by atoms with van der Waals surface area (Å²) >= 11 is 0. The van der Waals surface area contributed by atoms with Crippen molar-refractivity contribution in [3.05, 3.63) is 23.6 Å². The predicted octanol–water partition coefficient (Wildman–Crippen LogP) is 0.803. The molecule has 16 heavy (non-hydrogen) atoms. The van der Waals surface area contributed by atoms with Crippen LogP contribution >= 0.6 is 0 Å². The van der Waals surface area contributed by atoms with Gasteiger partial charge >= 0.3 is 0 Å². The minimum atomic E-state index is -0.560. The van der Waals surface area contributed by atoms with Gasteiger partial charge < -0.3 is 15.6 Å². The lowest BCUT2D eigenvalue weighted by Crippen LogP contribution is -2.12. The highest BCUT2D eigenvalue weighted by molar-refractivity contribution is 5.97. The van der Waals surface area contributed by atoms with Gasteiger partial charge in [-0.2, -0.15) is 5.10 Å². The molecule has 0 saturated carbocycles. The molecule has 0 saturated heterocycles. The second kappa shape index (κ2) is 4.05. The summed E-state index contributed by atoms with van der Waals surface area (Å²) in [5.74, 6) is 1.10. The Kier molecular flexibility index (Phi) is 2.59. The molecule has 0 aromatic carbocycles. The standard InChI is InChI=1S/C9H11N5O2/c1-2-5-3-7(14-16-5)12-9-6(8(10)15)4-11-13-9/h3-4H,2H2,1H3,(H2,10,15)(H2,11,12,13,14). The van der Waals surface area contributed by atoms with Crippen LogP contribution in [-0.4, -0.2) is 21.3 Å². The van der Waals surface area contributed by atoms with Gasteiger partial charge in [0.25, 0.3) is 5.91 Å². The topological polar surface area (TPSA) is 110 Å². The van der Waals surface area contributed by atoms with Gasteiger partial charge in [0.05, 0.1) is 6.20 Å². The van der Waals surface area contributed by atoms with Crippen LogP contribution in [-0.2, 0) is 6.42 Å². The van der Waals surface area contributed by atoms with Gasteiger partial charge in [-0.05, 0) is 0 Å². The molecule has 0 fully saturated rings. The molecule has 84 valence electrons. The van der Waals surface area contributed by atoms with Crippen LogP contribution in [0.25, 0.3) is 0 Å². The number of aryl methyl sites for hydroxylation is 1. The Balaban J connectivity index is 2.20. The molecule has 2 rings (SSSR count). The Hall–Kier alpha value is -2.31. The molecule has 7 nitrogen and oxygen atoms in total. The van der Waals surface area contributed by atoms with Gasteiger partial charge in [-0.1, -0.05) is 12.1 Å². The van der Waals surface area contributed by atoms with Gasteiger partial charge in [0, 0.05) is 12.5 Å². The van der Waals surface area contributed by atoms with E-state index in [0.29, 0.717) is 11.6 Å². The SMILES string of the molecule is CCc1cc(Nc2[nH]ncc2C(N)=O)no1. The van der Waals surface area contributed by atoms with Crippen molar-refractivity contribution in [2.24, 2.45) is 5.73 Å². The Morgan fingerprint density at radius 1 is 1.69 bits per heavy atom. The third-order valence-electron chi connectivity index (χ3n) is 2.07. The fourth-order valence-electron chi connectivity index (χ4n) is 1.23. The minimum Gasteiger partial charge on any atom is -0.365 e. The fourth-order valence-corrected chi connectivity index (χ4v) is 1.23. The Bertz CT molecular complexity index is 501. The van der Waals surface area contributed by atoms with Crippen molar-refractivity contribution in [2.45, 2.75) is 13.3 Å². The summed E-state index contributed by atoms with van der Waals surface area (Å²) in [6, 6.07) is 1.74. The first kappa shape index (κ1) is 10.2. The molecule has 0 aliphatic rings. The van der Waals surface area contributed by atoms with Gasteiger partial charge in [0.1, 0.15) is 17.1 Å². The van der Waals surface area contributed by atoms with E-state index in [-0.39, 0.29) is 5.56 Å². The number of primary amides is 1. The highest BCUT2D eigenvalue weighted by Gasteiger charge is 2.12. The lowest BCUT2D eigenvalue weighted by molar-refractivity contribution is 0.100. The number of amides is 1. The first-order chi connectivity index (χ1) is 7.70. The summed E-state index contributed by atoms with van der Waals surface area (Å²) in [5.41, 5.74) is 5.44. The number of H-pyrrole nitrogens is 1. The minimum absolute atomic E-state index is 0.279. The van der Waals surface area contributed by atoms with E-state index in [2.05, 4.69) is 20.7 Å². The van der Waals surface area contributed by atoms with Gasteiger partial charge in [-0.15, -0.1) is 0 Å². The molecule has 0 spiro atoms. The van der Waals surface area contributed by atoms with E-state index in [0.717, 1.165) is 12.2 Å². The van der Waals surface area contributed by atoms with E-state index in [1.54, 1.807) is 6.07 Å². The second-order valence-electron chi connectivity index (χ2n) is 3.18. The maximum atomic E-state index is 11.0. The molecular formula is C9H11N5O2. The maximum absolute atomic E-state index is 11.0. The van der Waals surface area contributed by atoms with Crippen LogP contribution in [0, 0.1) is 0 Å². The molecule has 2 aromatic heterocycles. The van der Waals surface area contributed by atoms with Crippen LogP contribution in [0.4, 0.5) is 11.6 Å². The van der Waals surface area contributed by atoms with Gasteiger partial charge in [0.15, 0.2) is 5.82 Å². The van der Waals surface area contributed by atoms with Crippen molar-refractivity contribution in [1.29, 1.82) is 0 Å². The lowest BCUT2D eigenvalue weighted by atomic mass is 10.3. The molecule has 0 atom stereocenters. The fraction of sp³-hybridized carbons (Fsp3) is 0.222. The van der Waals surface area contributed by atoms with Crippen molar-refractivity contribution in [1.82, 2.24) is 15.4 Å². The van der Waals surface area contributed by atoms with E-state index in [1.165, 1.54) is 6.20 Å². The van der Waals surface area contributed by atoms with Crippen molar-refractivity contribution >= 4 is 17.5 Å².